The lowest BCUT2D eigenvalue weighted by atomic mass is 9.86. The molecule has 0 radical (unpaired) electrons. The summed E-state index contributed by atoms with van der Waals surface area (Å²) in [5, 5.41) is 1.96. The molecule has 0 saturated heterocycles. The largest absolute Gasteiger partial charge is 0.321 e. The van der Waals surface area contributed by atoms with Gasteiger partial charge in [0.2, 0.25) is 0 Å². The predicted molar refractivity (Wildman–Crippen MR) is 83.2 cm³/mol. The van der Waals surface area contributed by atoms with E-state index < -0.39 is 5.54 Å². The van der Waals surface area contributed by atoms with Gasteiger partial charge in [-0.15, -0.1) is 0 Å². The van der Waals surface area contributed by atoms with Gasteiger partial charge >= 0.3 is 0 Å². The summed E-state index contributed by atoms with van der Waals surface area (Å²) in [5.41, 5.74) is 7.87. The number of nitrogens with two attached hydrogens (primary N) is 1. The first-order valence-electron chi connectivity index (χ1n) is 5.87. The molecule has 2 aromatic rings. The third-order valence-electron chi connectivity index (χ3n) is 3.08. The monoisotopic (exact) mass is 313 g/mol. The lowest BCUT2D eigenvalue weighted by Crippen LogP contribution is -2.35. The van der Waals surface area contributed by atoms with Crippen LogP contribution in [0, 0.1) is 0 Å². The molecule has 2 rings (SSSR count). The maximum absolute atomic E-state index is 6.39. The molecular weight excluding hydrogens is 301 g/mol. The molecule has 0 saturated carbocycles. The summed E-state index contributed by atoms with van der Waals surface area (Å²) in [5.74, 6) is 0. The molecule has 1 nitrogen and oxygen atoms in total. The Bertz CT molecular complexity index is 576. The molecule has 0 aromatic heterocycles. The zero-order valence-corrected chi connectivity index (χ0v) is 12.7. The quantitative estimate of drug-likeness (QED) is 0.841. The predicted octanol–water partition coefficient (Wildman–Crippen LogP) is 5.06. The van der Waals surface area contributed by atoms with Crippen LogP contribution in [0.3, 0.4) is 0 Å². The normalized spacial score (nSPS) is 14.2. The zero-order valence-electron chi connectivity index (χ0n) is 10.5. The average Bonchev–Trinajstić information content (AvgIpc) is 2.33. The number of hydrogen-bond acceptors (Lipinski definition) is 1. The molecule has 0 aliphatic rings. The topological polar surface area (TPSA) is 26.0 Å². The summed E-state index contributed by atoms with van der Waals surface area (Å²) in [6.45, 7) is 1.97. The Morgan fingerprint density at radius 2 is 1.53 bits per heavy atom. The van der Waals surface area contributed by atoms with Gasteiger partial charge in [-0.05, 0) is 48.7 Å². The molecule has 2 aromatic carbocycles. The molecule has 0 amide bonds. The van der Waals surface area contributed by atoms with E-state index >= 15 is 0 Å². The van der Waals surface area contributed by atoms with Crippen molar-refractivity contribution in [1.29, 1.82) is 0 Å². The van der Waals surface area contributed by atoms with Crippen molar-refractivity contribution < 1.29 is 0 Å². The average molecular weight is 315 g/mol. The van der Waals surface area contributed by atoms with E-state index in [9.17, 15) is 0 Å². The van der Waals surface area contributed by atoms with Crippen LogP contribution in [0.4, 0.5) is 0 Å². The van der Waals surface area contributed by atoms with Gasteiger partial charge in [0, 0.05) is 20.6 Å². The Balaban J connectivity index is 2.27. The smallest absolute Gasteiger partial charge is 0.0453 e. The highest BCUT2D eigenvalue weighted by Crippen LogP contribution is 2.29. The van der Waals surface area contributed by atoms with E-state index in [1.807, 2.05) is 43.3 Å². The van der Waals surface area contributed by atoms with E-state index in [4.69, 9.17) is 40.5 Å². The minimum atomic E-state index is -0.512. The van der Waals surface area contributed by atoms with Crippen LogP contribution in [0.5, 0.6) is 0 Å². The SMILES string of the molecule is CC(N)(Cc1ccc(Cl)cc1Cl)c1ccc(Cl)cc1. The lowest BCUT2D eigenvalue weighted by Gasteiger charge is -2.26. The molecule has 2 N–H and O–H groups in total. The van der Waals surface area contributed by atoms with Gasteiger partial charge in [0.05, 0.1) is 0 Å². The van der Waals surface area contributed by atoms with Gasteiger partial charge in [-0.25, -0.2) is 0 Å². The first-order chi connectivity index (χ1) is 8.88. The van der Waals surface area contributed by atoms with E-state index in [2.05, 4.69) is 0 Å². The van der Waals surface area contributed by atoms with Gasteiger partial charge in [0.25, 0.3) is 0 Å². The number of halogens is 3. The van der Waals surface area contributed by atoms with Crippen molar-refractivity contribution >= 4 is 34.8 Å². The van der Waals surface area contributed by atoms with Crippen LogP contribution in [0.25, 0.3) is 0 Å². The second-order valence-corrected chi connectivity index (χ2v) is 6.12. The third-order valence-corrected chi connectivity index (χ3v) is 3.92. The highest BCUT2D eigenvalue weighted by atomic mass is 35.5. The molecule has 100 valence electrons. The van der Waals surface area contributed by atoms with E-state index in [0.717, 1.165) is 11.1 Å². The third kappa shape index (κ3) is 3.64. The Kier molecular flexibility index (Phi) is 4.42. The fraction of sp³-hybridized carbons (Fsp3) is 0.200. The second-order valence-electron chi connectivity index (χ2n) is 4.84. The zero-order chi connectivity index (χ0) is 14.0. The van der Waals surface area contributed by atoms with Crippen molar-refractivity contribution in [1.82, 2.24) is 0 Å². The van der Waals surface area contributed by atoms with Crippen LogP contribution in [-0.4, -0.2) is 0 Å². The molecule has 0 fully saturated rings. The van der Waals surface area contributed by atoms with Gasteiger partial charge in [-0.2, -0.15) is 0 Å². The van der Waals surface area contributed by atoms with Crippen LogP contribution >= 0.6 is 34.8 Å². The standard InChI is InChI=1S/C15H14Cl3N/c1-15(19,11-3-6-12(16)7-4-11)9-10-2-5-13(17)8-14(10)18/h2-8H,9,19H2,1H3. The Morgan fingerprint density at radius 3 is 2.11 bits per heavy atom. The van der Waals surface area contributed by atoms with Crippen LogP contribution in [0.15, 0.2) is 42.5 Å². The van der Waals surface area contributed by atoms with Crippen LogP contribution in [-0.2, 0) is 12.0 Å². The summed E-state index contributed by atoms with van der Waals surface area (Å²) >= 11 is 18.0. The highest BCUT2D eigenvalue weighted by molar-refractivity contribution is 6.35. The summed E-state index contributed by atoms with van der Waals surface area (Å²) in [4.78, 5) is 0. The summed E-state index contributed by atoms with van der Waals surface area (Å²) in [6.07, 6.45) is 0.630. The molecule has 0 aliphatic carbocycles. The van der Waals surface area contributed by atoms with Crippen molar-refractivity contribution in [2.75, 3.05) is 0 Å². The maximum atomic E-state index is 6.39. The minimum Gasteiger partial charge on any atom is -0.321 e. The van der Waals surface area contributed by atoms with Crippen molar-refractivity contribution in [3.05, 3.63) is 68.7 Å². The van der Waals surface area contributed by atoms with Gasteiger partial charge in [-0.1, -0.05) is 53.0 Å². The molecular formula is C15H14Cl3N. The van der Waals surface area contributed by atoms with E-state index in [1.54, 1.807) is 6.07 Å². The summed E-state index contributed by atoms with van der Waals surface area (Å²) < 4.78 is 0. The van der Waals surface area contributed by atoms with Crippen molar-refractivity contribution in [3.8, 4) is 0 Å². The van der Waals surface area contributed by atoms with Crippen LogP contribution < -0.4 is 5.73 Å². The maximum Gasteiger partial charge on any atom is 0.0453 e. The van der Waals surface area contributed by atoms with Gasteiger partial charge in [-0.3, -0.25) is 0 Å². The Hall–Kier alpha value is -0.730. The fourth-order valence-corrected chi connectivity index (χ4v) is 2.59. The molecule has 1 atom stereocenters. The van der Waals surface area contributed by atoms with Gasteiger partial charge in [0.15, 0.2) is 0 Å². The van der Waals surface area contributed by atoms with Crippen LogP contribution in [0.1, 0.15) is 18.1 Å². The molecule has 0 spiro atoms. The van der Waals surface area contributed by atoms with Gasteiger partial charge < -0.3 is 5.73 Å². The minimum absolute atomic E-state index is 0.512. The van der Waals surface area contributed by atoms with E-state index in [-0.39, 0.29) is 0 Å². The lowest BCUT2D eigenvalue weighted by molar-refractivity contribution is 0.491. The molecule has 0 aliphatic heterocycles. The molecule has 19 heavy (non-hydrogen) atoms. The summed E-state index contributed by atoms with van der Waals surface area (Å²) in [6, 6.07) is 13.0. The van der Waals surface area contributed by atoms with E-state index in [0.29, 0.717) is 21.5 Å². The molecule has 4 heteroatoms. The molecule has 0 heterocycles. The number of hydrogen-bond donors (Lipinski definition) is 1. The van der Waals surface area contributed by atoms with Crippen molar-refractivity contribution in [2.45, 2.75) is 18.9 Å². The summed E-state index contributed by atoms with van der Waals surface area (Å²) in [7, 11) is 0. The second kappa shape index (κ2) is 5.72. The molecule has 0 bridgehead atoms. The fourth-order valence-electron chi connectivity index (χ4n) is 1.99. The first kappa shape index (κ1) is 14.7. The Labute approximate surface area is 128 Å². The van der Waals surface area contributed by atoms with Crippen molar-refractivity contribution in [2.24, 2.45) is 5.73 Å². The molecule has 1 unspecified atom stereocenters. The van der Waals surface area contributed by atoms with Crippen LogP contribution in [0.2, 0.25) is 15.1 Å². The highest BCUT2D eigenvalue weighted by Gasteiger charge is 2.22. The Morgan fingerprint density at radius 1 is 0.947 bits per heavy atom. The van der Waals surface area contributed by atoms with E-state index in [1.165, 1.54) is 0 Å². The first-order valence-corrected chi connectivity index (χ1v) is 7.01. The number of benzene rings is 2. The number of rotatable bonds is 3. The van der Waals surface area contributed by atoms with Gasteiger partial charge in [0.1, 0.15) is 0 Å². The van der Waals surface area contributed by atoms with Crippen molar-refractivity contribution in [3.63, 3.8) is 0 Å².